The second-order valence-electron chi connectivity index (χ2n) is 21.0. The summed E-state index contributed by atoms with van der Waals surface area (Å²) >= 11 is 0. The predicted octanol–water partition coefficient (Wildman–Crippen LogP) is 20.8. The van der Waals surface area contributed by atoms with Crippen molar-refractivity contribution >= 4 is 17.9 Å². The highest BCUT2D eigenvalue weighted by Crippen LogP contribution is 2.17. The van der Waals surface area contributed by atoms with Crippen molar-refractivity contribution in [2.75, 3.05) is 13.2 Å². The molecule has 0 aromatic carbocycles. The summed E-state index contributed by atoms with van der Waals surface area (Å²) in [4.78, 5) is 37.9. The van der Waals surface area contributed by atoms with Crippen molar-refractivity contribution in [2.24, 2.45) is 0 Å². The van der Waals surface area contributed by atoms with Crippen LogP contribution < -0.4 is 0 Å². The Morgan fingerprint density at radius 2 is 0.529 bits per heavy atom. The summed E-state index contributed by atoms with van der Waals surface area (Å²) in [6, 6.07) is 0. The van der Waals surface area contributed by atoms with Crippen LogP contribution in [0.25, 0.3) is 0 Å². The third-order valence-electron chi connectivity index (χ3n) is 13.9. The standard InChI is InChI=1S/C64H118O6/c1-4-7-10-13-16-18-20-22-24-25-26-27-28-29-30-31-32-33-34-35-36-37-38-39-40-42-43-45-48-51-54-57-63(66)69-60-61(59-68-62(65)56-53-50-47-15-12-9-6-3)70-64(67)58-55-52-49-46-44-41-23-21-19-17-14-11-8-5-2/h14,17,21,23,25-26,61H,4-13,15-16,18-20,22,24,27-60H2,1-3H3/b17-14-,23-21-,26-25-. The first kappa shape index (κ1) is 67.6. The average molecular weight is 984 g/mol. The van der Waals surface area contributed by atoms with E-state index in [4.69, 9.17) is 14.2 Å². The van der Waals surface area contributed by atoms with Gasteiger partial charge in [-0.15, -0.1) is 0 Å². The van der Waals surface area contributed by atoms with Gasteiger partial charge in [0.15, 0.2) is 6.10 Å². The molecule has 0 fully saturated rings. The van der Waals surface area contributed by atoms with Gasteiger partial charge in [0.05, 0.1) is 0 Å². The van der Waals surface area contributed by atoms with Crippen LogP contribution in [0.4, 0.5) is 0 Å². The maximum atomic E-state index is 12.8. The van der Waals surface area contributed by atoms with Gasteiger partial charge in [-0.2, -0.15) is 0 Å². The lowest BCUT2D eigenvalue weighted by Crippen LogP contribution is -2.30. The van der Waals surface area contributed by atoms with Gasteiger partial charge >= 0.3 is 17.9 Å². The fourth-order valence-electron chi connectivity index (χ4n) is 9.16. The van der Waals surface area contributed by atoms with Crippen LogP contribution in [0, 0.1) is 0 Å². The van der Waals surface area contributed by atoms with E-state index < -0.39 is 6.10 Å². The molecule has 0 radical (unpaired) electrons. The zero-order chi connectivity index (χ0) is 50.7. The number of ether oxygens (including phenoxy) is 3. The van der Waals surface area contributed by atoms with E-state index in [9.17, 15) is 14.4 Å². The molecule has 70 heavy (non-hydrogen) atoms. The van der Waals surface area contributed by atoms with Crippen LogP contribution in [0.1, 0.15) is 335 Å². The Bertz CT molecular complexity index is 1170. The molecule has 6 heteroatoms. The monoisotopic (exact) mass is 983 g/mol. The fourth-order valence-corrected chi connectivity index (χ4v) is 9.16. The Hall–Kier alpha value is -2.37. The van der Waals surface area contributed by atoms with Crippen LogP contribution in [-0.4, -0.2) is 37.2 Å². The summed E-state index contributed by atoms with van der Waals surface area (Å²) in [7, 11) is 0. The first-order valence-electron chi connectivity index (χ1n) is 31.0. The summed E-state index contributed by atoms with van der Waals surface area (Å²) in [5.41, 5.74) is 0. The van der Waals surface area contributed by atoms with Crippen LogP contribution in [0.2, 0.25) is 0 Å². The first-order chi connectivity index (χ1) is 34.5. The van der Waals surface area contributed by atoms with Crippen LogP contribution >= 0.6 is 0 Å². The quantitative estimate of drug-likeness (QED) is 0.0261. The number of hydrogen-bond acceptors (Lipinski definition) is 6. The van der Waals surface area contributed by atoms with Crippen molar-refractivity contribution in [1.82, 2.24) is 0 Å². The van der Waals surface area contributed by atoms with Gasteiger partial charge in [0, 0.05) is 19.3 Å². The number of esters is 3. The molecule has 1 unspecified atom stereocenters. The van der Waals surface area contributed by atoms with E-state index in [1.807, 2.05) is 0 Å². The lowest BCUT2D eigenvalue weighted by Gasteiger charge is -2.18. The molecule has 0 aromatic heterocycles. The molecule has 0 heterocycles. The van der Waals surface area contributed by atoms with E-state index in [0.29, 0.717) is 19.3 Å². The van der Waals surface area contributed by atoms with E-state index in [0.717, 1.165) is 83.5 Å². The lowest BCUT2D eigenvalue weighted by molar-refractivity contribution is -0.167. The molecule has 0 amide bonds. The van der Waals surface area contributed by atoms with Crippen LogP contribution in [0.15, 0.2) is 36.5 Å². The molecule has 6 nitrogen and oxygen atoms in total. The number of rotatable bonds is 57. The molecule has 0 N–H and O–H groups in total. The van der Waals surface area contributed by atoms with Crippen molar-refractivity contribution in [3.8, 4) is 0 Å². The minimum absolute atomic E-state index is 0.0740. The third kappa shape index (κ3) is 56.5. The van der Waals surface area contributed by atoms with Gasteiger partial charge < -0.3 is 14.2 Å². The molecule has 0 rings (SSSR count). The van der Waals surface area contributed by atoms with Gasteiger partial charge in [-0.1, -0.05) is 282 Å². The first-order valence-corrected chi connectivity index (χ1v) is 31.0. The van der Waals surface area contributed by atoms with Gasteiger partial charge in [0.2, 0.25) is 0 Å². The highest BCUT2D eigenvalue weighted by molar-refractivity contribution is 5.71. The maximum absolute atomic E-state index is 12.8. The van der Waals surface area contributed by atoms with E-state index in [-0.39, 0.29) is 31.1 Å². The topological polar surface area (TPSA) is 78.9 Å². The van der Waals surface area contributed by atoms with Gasteiger partial charge in [-0.05, 0) is 70.6 Å². The highest BCUT2D eigenvalue weighted by atomic mass is 16.6. The van der Waals surface area contributed by atoms with Gasteiger partial charge in [-0.25, -0.2) is 0 Å². The van der Waals surface area contributed by atoms with Crippen molar-refractivity contribution < 1.29 is 28.6 Å². The molecule has 0 bridgehead atoms. The number of allylic oxidation sites excluding steroid dienone is 6. The number of carbonyl (C=O) groups excluding carboxylic acids is 3. The summed E-state index contributed by atoms with van der Waals surface area (Å²) < 4.78 is 16.8. The lowest BCUT2D eigenvalue weighted by atomic mass is 10.0. The Balaban J connectivity index is 3.97. The largest absolute Gasteiger partial charge is 0.462 e. The molecule has 0 aliphatic carbocycles. The summed E-state index contributed by atoms with van der Waals surface area (Å²) in [5, 5.41) is 0. The molecule has 0 saturated carbocycles. The van der Waals surface area contributed by atoms with Crippen LogP contribution in [0.5, 0.6) is 0 Å². The highest BCUT2D eigenvalue weighted by Gasteiger charge is 2.19. The van der Waals surface area contributed by atoms with Gasteiger partial charge in [0.25, 0.3) is 0 Å². The van der Waals surface area contributed by atoms with Gasteiger partial charge in [-0.3, -0.25) is 14.4 Å². The van der Waals surface area contributed by atoms with E-state index in [1.165, 1.54) is 212 Å². The molecule has 0 aromatic rings. The van der Waals surface area contributed by atoms with Crippen LogP contribution in [-0.2, 0) is 28.6 Å². The summed E-state index contributed by atoms with van der Waals surface area (Å²) in [5.74, 6) is -0.879. The molecule has 0 saturated heterocycles. The van der Waals surface area contributed by atoms with Crippen LogP contribution in [0.3, 0.4) is 0 Å². The zero-order valence-electron chi connectivity index (χ0n) is 47.1. The molecule has 0 aliphatic heterocycles. The normalized spacial score (nSPS) is 12.2. The number of carbonyl (C=O) groups is 3. The average Bonchev–Trinajstić information content (AvgIpc) is 3.36. The Labute approximate surface area is 435 Å². The summed E-state index contributed by atoms with van der Waals surface area (Å²) in [6.07, 6.45) is 71.9. The second kappa shape index (κ2) is 59.2. The van der Waals surface area contributed by atoms with E-state index >= 15 is 0 Å². The van der Waals surface area contributed by atoms with Gasteiger partial charge in [0.1, 0.15) is 13.2 Å². The minimum atomic E-state index is -0.774. The summed E-state index contributed by atoms with van der Waals surface area (Å²) in [6.45, 7) is 6.58. The maximum Gasteiger partial charge on any atom is 0.306 e. The molecule has 0 spiro atoms. The number of hydrogen-bond donors (Lipinski definition) is 0. The second-order valence-corrected chi connectivity index (χ2v) is 21.0. The molecular formula is C64H118O6. The van der Waals surface area contributed by atoms with Crippen molar-refractivity contribution in [3.63, 3.8) is 0 Å². The Morgan fingerprint density at radius 3 is 0.843 bits per heavy atom. The Kier molecular flexibility index (Phi) is 57.2. The van der Waals surface area contributed by atoms with Crippen molar-refractivity contribution in [3.05, 3.63) is 36.5 Å². The molecule has 1 atom stereocenters. The Morgan fingerprint density at radius 1 is 0.286 bits per heavy atom. The minimum Gasteiger partial charge on any atom is -0.462 e. The third-order valence-corrected chi connectivity index (χ3v) is 13.9. The van der Waals surface area contributed by atoms with Crippen molar-refractivity contribution in [2.45, 2.75) is 341 Å². The number of unbranched alkanes of at least 4 members (excludes halogenated alkanes) is 40. The predicted molar refractivity (Wildman–Crippen MR) is 302 cm³/mol. The van der Waals surface area contributed by atoms with E-state index in [1.54, 1.807) is 0 Å². The van der Waals surface area contributed by atoms with E-state index in [2.05, 4.69) is 57.2 Å². The SMILES string of the molecule is CCCC/C=C\C/C=C\CCCCCCCC(=O)OC(COC(=O)CCCCCCCCC)COC(=O)CCCCCCCCCCCCCCCCCCCCC/C=C\CCCCCCCCCC. The molecule has 0 aliphatic rings. The van der Waals surface area contributed by atoms with Crippen molar-refractivity contribution in [1.29, 1.82) is 0 Å². The smallest absolute Gasteiger partial charge is 0.306 e. The molecular weight excluding hydrogens is 865 g/mol. The molecule has 410 valence electrons. The zero-order valence-corrected chi connectivity index (χ0v) is 47.1. The fraction of sp³-hybridized carbons (Fsp3) is 0.859.